The van der Waals surface area contributed by atoms with Gasteiger partial charge in [-0.15, -0.1) is 0 Å². The Bertz CT molecular complexity index is 881. The molecule has 0 amide bonds. The minimum Gasteiger partial charge on any atom is -0.490 e. The first-order valence-corrected chi connectivity index (χ1v) is 8.70. The van der Waals surface area contributed by atoms with Crippen molar-refractivity contribution in [2.24, 2.45) is 0 Å². The highest BCUT2D eigenvalue weighted by molar-refractivity contribution is 5.60. The van der Waals surface area contributed by atoms with Gasteiger partial charge in [-0.05, 0) is 43.0 Å². The first kappa shape index (κ1) is 16.4. The molecular weight excluding hydrogens is 331 g/mol. The lowest BCUT2D eigenvalue weighted by Crippen LogP contribution is -2.08. The molecule has 1 aromatic carbocycles. The Kier molecular flexibility index (Phi) is 4.73. The van der Waals surface area contributed by atoms with Crippen LogP contribution in [0.3, 0.4) is 0 Å². The van der Waals surface area contributed by atoms with E-state index in [0.29, 0.717) is 11.8 Å². The lowest BCUT2D eigenvalue weighted by molar-refractivity contribution is 0.300. The van der Waals surface area contributed by atoms with Crippen LogP contribution in [0.25, 0.3) is 11.3 Å². The molecule has 2 heterocycles. The predicted molar refractivity (Wildman–Crippen MR) is 97.5 cm³/mol. The Labute approximate surface area is 151 Å². The van der Waals surface area contributed by atoms with Gasteiger partial charge in [0, 0.05) is 24.4 Å². The summed E-state index contributed by atoms with van der Waals surface area (Å²) in [7, 11) is 0. The van der Waals surface area contributed by atoms with Crippen LogP contribution in [-0.2, 0) is 6.42 Å². The van der Waals surface area contributed by atoms with Crippen molar-refractivity contribution in [3.05, 3.63) is 66.5 Å². The van der Waals surface area contributed by atoms with Gasteiger partial charge in [0.2, 0.25) is 5.95 Å². The molecule has 0 radical (unpaired) electrons. The van der Waals surface area contributed by atoms with Crippen molar-refractivity contribution < 1.29 is 9.13 Å². The van der Waals surface area contributed by atoms with Crippen LogP contribution in [0.2, 0.25) is 0 Å². The number of halogens is 1. The smallest absolute Gasteiger partial charge is 0.212 e. The second-order valence-electron chi connectivity index (χ2n) is 6.26. The quantitative estimate of drug-likeness (QED) is 0.656. The molecule has 5 nitrogen and oxygen atoms in total. The third kappa shape index (κ3) is 4.14. The van der Waals surface area contributed by atoms with Gasteiger partial charge in [0.1, 0.15) is 17.9 Å². The van der Waals surface area contributed by atoms with E-state index in [-0.39, 0.29) is 0 Å². The van der Waals surface area contributed by atoms with Crippen LogP contribution in [-0.4, -0.2) is 27.6 Å². The lowest BCUT2D eigenvalue weighted by atomic mass is 10.1. The Morgan fingerprint density at radius 1 is 1.08 bits per heavy atom. The molecule has 0 unspecified atom stereocenters. The maximum atomic E-state index is 13.0. The van der Waals surface area contributed by atoms with E-state index in [0.717, 1.165) is 42.9 Å². The zero-order valence-electron chi connectivity index (χ0n) is 14.2. The number of ether oxygens (including phenoxy) is 1. The van der Waals surface area contributed by atoms with Gasteiger partial charge in [-0.2, -0.15) is 4.39 Å². The minimum absolute atomic E-state index is 0.387. The van der Waals surface area contributed by atoms with Crippen molar-refractivity contribution in [3.63, 3.8) is 0 Å². The highest BCUT2D eigenvalue weighted by atomic mass is 19.1. The Balaban J connectivity index is 1.39. The molecule has 26 heavy (non-hydrogen) atoms. The van der Waals surface area contributed by atoms with Crippen LogP contribution in [0.5, 0.6) is 5.75 Å². The van der Waals surface area contributed by atoms with Crippen molar-refractivity contribution >= 4 is 5.82 Å². The van der Waals surface area contributed by atoms with Gasteiger partial charge >= 0.3 is 0 Å². The third-order valence-electron chi connectivity index (χ3n) is 4.18. The number of rotatable bonds is 7. The maximum absolute atomic E-state index is 13.0. The molecule has 4 rings (SSSR count). The molecule has 0 spiro atoms. The summed E-state index contributed by atoms with van der Waals surface area (Å²) in [5.74, 6) is 1.19. The summed E-state index contributed by atoms with van der Waals surface area (Å²) >= 11 is 0. The second-order valence-corrected chi connectivity index (χ2v) is 6.26. The molecule has 1 N–H and O–H groups in total. The van der Waals surface area contributed by atoms with E-state index in [1.807, 2.05) is 24.3 Å². The highest BCUT2D eigenvalue weighted by Gasteiger charge is 2.24. The fourth-order valence-corrected chi connectivity index (χ4v) is 2.66. The molecule has 0 bridgehead atoms. The minimum atomic E-state index is -0.506. The van der Waals surface area contributed by atoms with E-state index < -0.39 is 5.95 Å². The molecule has 1 aliphatic carbocycles. The zero-order valence-corrected chi connectivity index (χ0v) is 14.2. The van der Waals surface area contributed by atoms with Gasteiger partial charge in [-0.1, -0.05) is 18.2 Å². The van der Waals surface area contributed by atoms with E-state index in [2.05, 4.69) is 26.3 Å². The van der Waals surface area contributed by atoms with Crippen molar-refractivity contribution in [3.8, 4) is 17.0 Å². The van der Waals surface area contributed by atoms with Gasteiger partial charge in [0.15, 0.2) is 0 Å². The number of para-hydroxylation sites is 1. The Hall–Kier alpha value is -3.02. The van der Waals surface area contributed by atoms with Crippen molar-refractivity contribution in [2.45, 2.75) is 25.4 Å². The molecule has 3 aromatic rings. The normalized spacial score (nSPS) is 13.4. The van der Waals surface area contributed by atoms with Crippen molar-refractivity contribution in [1.82, 2.24) is 15.0 Å². The number of hydrogen-bond acceptors (Lipinski definition) is 5. The summed E-state index contributed by atoms with van der Waals surface area (Å²) in [6.07, 6.45) is 6.47. The zero-order chi connectivity index (χ0) is 17.8. The number of pyridine rings is 1. The van der Waals surface area contributed by atoms with Crippen molar-refractivity contribution in [2.75, 3.05) is 11.9 Å². The molecule has 0 atom stereocenters. The Morgan fingerprint density at radius 3 is 2.77 bits per heavy atom. The van der Waals surface area contributed by atoms with Crippen LogP contribution < -0.4 is 10.1 Å². The fourth-order valence-electron chi connectivity index (χ4n) is 2.66. The van der Waals surface area contributed by atoms with E-state index in [4.69, 9.17) is 4.74 Å². The topological polar surface area (TPSA) is 59.9 Å². The van der Waals surface area contributed by atoms with E-state index in [1.54, 1.807) is 6.07 Å². The molecule has 132 valence electrons. The van der Waals surface area contributed by atoms with Gasteiger partial charge in [0.25, 0.3) is 0 Å². The van der Waals surface area contributed by atoms with Crippen LogP contribution >= 0.6 is 0 Å². The molecule has 6 heteroatoms. The van der Waals surface area contributed by atoms with Crippen LogP contribution in [0, 0.1) is 5.95 Å². The number of nitrogens with one attached hydrogen (secondary N) is 1. The highest BCUT2D eigenvalue weighted by Crippen LogP contribution is 2.29. The summed E-state index contributed by atoms with van der Waals surface area (Å²) in [6.45, 7) is 0.725. The van der Waals surface area contributed by atoms with E-state index in [9.17, 15) is 4.39 Å². The molecule has 2 aromatic heterocycles. The summed E-state index contributed by atoms with van der Waals surface area (Å²) in [5, 5.41) is 3.31. The van der Waals surface area contributed by atoms with Gasteiger partial charge in [-0.25, -0.2) is 15.0 Å². The number of nitrogens with zero attached hydrogens (tertiary/aromatic N) is 3. The summed E-state index contributed by atoms with van der Waals surface area (Å²) in [5.41, 5.74) is 2.64. The monoisotopic (exact) mass is 350 g/mol. The number of anilines is 1. The second kappa shape index (κ2) is 7.47. The lowest BCUT2D eigenvalue weighted by Gasteiger charge is -2.11. The average Bonchev–Trinajstić information content (AvgIpc) is 3.48. The number of aromatic nitrogens is 3. The first-order valence-electron chi connectivity index (χ1n) is 8.70. The Morgan fingerprint density at radius 2 is 1.96 bits per heavy atom. The maximum Gasteiger partial charge on any atom is 0.212 e. The van der Waals surface area contributed by atoms with E-state index >= 15 is 0 Å². The summed E-state index contributed by atoms with van der Waals surface area (Å²) < 4.78 is 18.9. The predicted octanol–water partition coefficient (Wildman–Crippen LogP) is 3.87. The van der Waals surface area contributed by atoms with E-state index in [1.165, 1.54) is 24.2 Å². The molecule has 0 saturated heterocycles. The van der Waals surface area contributed by atoms with Gasteiger partial charge < -0.3 is 10.1 Å². The SMILES string of the molecule is Fc1ccc(-c2cc(NCCc3ccccc3OC3CC3)ncn2)cn1. The molecular formula is C20H19FN4O. The van der Waals surface area contributed by atoms with Crippen LogP contribution in [0.4, 0.5) is 10.2 Å². The first-order chi connectivity index (χ1) is 12.8. The summed E-state index contributed by atoms with van der Waals surface area (Å²) in [4.78, 5) is 12.1. The molecule has 1 saturated carbocycles. The largest absolute Gasteiger partial charge is 0.490 e. The number of hydrogen-bond donors (Lipinski definition) is 1. The van der Waals surface area contributed by atoms with Crippen molar-refractivity contribution in [1.29, 1.82) is 0 Å². The molecule has 0 aliphatic heterocycles. The van der Waals surface area contributed by atoms with Crippen LogP contribution in [0.15, 0.2) is 55.0 Å². The standard InChI is InChI=1S/C20H19FN4O/c21-19-8-5-15(12-23-19)17-11-20(25-13-24-17)22-10-9-14-3-1-2-4-18(14)26-16-6-7-16/h1-5,8,11-13,16H,6-7,9-10H2,(H,22,24,25). The fraction of sp³-hybridized carbons (Fsp3) is 0.250. The average molecular weight is 350 g/mol. The van der Waals surface area contributed by atoms with Crippen LogP contribution in [0.1, 0.15) is 18.4 Å². The molecule has 1 fully saturated rings. The van der Waals surface area contributed by atoms with Gasteiger partial charge in [-0.3, -0.25) is 0 Å². The number of benzene rings is 1. The summed E-state index contributed by atoms with van der Waals surface area (Å²) in [6, 6.07) is 13.0. The molecule has 1 aliphatic rings. The van der Waals surface area contributed by atoms with Gasteiger partial charge in [0.05, 0.1) is 11.8 Å². The third-order valence-corrected chi connectivity index (χ3v) is 4.18.